The highest BCUT2D eigenvalue weighted by atomic mass is 16.2. The molecule has 0 aromatic carbocycles. The number of piperidine rings is 1. The summed E-state index contributed by atoms with van der Waals surface area (Å²) in [6.45, 7) is 14.3. The molecule has 0 radical (unpaired) electrons. The molecule has 1 amide bonds. The molecule has 0 N–H and O–H groups in total. The molecule has 3 heterocycles. The van der Waals surface area contributed by atoms with E-state index in [1.807, 2.05) is 6.92 Å². The molecular formula is C23H39N3O. The number of likely N-dealkylation sites (tertiary alicyclic amines) is 3. The maximum absolute atomic E-state index is 11.8. The van der Waals surface area contributed by atoms with Crippen molar-refractivity contribution in [1.82, 2.24) is 14.7 Å². The number of hydrogen-bond acceptors (Lipinski definition) is 3. The van der Waals surface area contributed by atoms with E-state index < -0.39 is 0 Å². The first-order valence-electron chi connectivity index (χ1n) is 11.7. The maximum atomic E-state index is 11.8. The number of nitrogens with zero attached hydrogens (tertiary/aromatic N) is 3. The van der Waals surface area contributed by atoms with Gasteiger partial charge in [-0.25, -0.2) is 0 Å². The first-order chi connectivity index (χ1) is 12.9. The normalized spacial score (nSPS) is 31.6. The maximum Gasteiger partial charge on any atom is 0.222 e. The molecule has 3 aliphatic heterocycles. The van der Waals surface area contributed by atoms with Crippen LogP contribution in [0.1, 0.15) is 65.7 Å². The van der Waals surface area contributed by atoms with Crippen molar-refractivity contribution in [1.29, 1.82) is 0 Å². The van der Waals surface area contributed by atoms with Gasteiger partial charge in [-0.05, 0) is 68.9 Å². The van der Waals surface area contributed by atoms with E-state index in [4.69, 9.17) is 0 Å². The lowest BCUT2D eigenvalue weighted by molar-refractivity contribution is -0.185. The fourth-order valence-electron chi connectivity index (χ4n) is 7.10. The van der Waals surface area contributed by atoms with Crippen LogP contribution in [0.25, 0.3) is 0 Å². The van der Waals surface area contributed by atoms with Crippen molar-refractivity contribution in [2.24, 2.45) is 22.7 Å². The van der Waals surface area contributed by atoms with Gasteiger partial charge in [-0.15, -0.1) is 0 Å². The topological polar surface area (TPSA) is 26.8 Å². The molecule has 5 rings (SSSR count). The predicted octanol–water partition coefficient (Wildman–Crippen LogP) is 3.22. The zero-order chi connectivity index (χ0) is 18.8. The summed E-state index contributed by atoms with van der Waals surface area (Å²) in [5.74, 6) is 2.19. The van der Waals surface area contributed by atoms with Crippen LogP contribution < -0.4 is 0 Å². The second-order valence-electron chi connectivity index (χ2n) is 11.2. The second kappa shape index (κ2) is 6.45. The molecule has 2 spiro atoms. The molecule has 2 aliphatic carbocycles. The first kappa shape index (κ1) is 18.4. The van der Waals surface area contributed by atoms with Crippen LogP contribution in [0, 0.1) is 22.7 Å². The highest BCUT2D eigenvalue weighted by Gasteiger charge is 2.60. The summed E-state index contributed by atoms with van der Waals surface area (Å²) in [6.07, 6.45) is 9.15. The molecule has 0 aromatic rings. The van der Waals surface area contributed by atoms with Crippen LogP contribution in [-0.2, 0) is 4.79 Å². The average molecular weight is 374 g/mol. The first-order valence-corrected chi connectivity index (χ1v) is 11.7. The second-order valence-corrected chi connectivity index (χ2v) is 11.2. The lowest BCUT2D eigenvalue weighted by atomic mass is 9.55. The van der Waals surface area contributed by atoms with Gasteiger partial charge in [-0.1, -0.05) is 20.8 Å². The Kier molecular flexibility index (Phi) is 4.40. The van der Waals surface area contributed by atoms with Gasteiger partial charge in [0.25, 0.3) is 0 Å². The molecule has 152 valence electrons. The summed E-state index contributed by atoms with van der Waals surface area (Å²) in [4.78, 5) is 19.4. The minimum atomic E-state index is 0.352. The number of rotatable bonds is 4. The van der Waals surface area contributed by atoms with Crippen LogP contribution in [0.4, 0.5) is 0 Å². The fraction of sp³-hybridized carbons (Fsp3) is 0.957. The van der Waals surface area contributed by atoms with Crippen LogP contribution in [0.15, 0.2) is 0 Å². The Hall–Kier alpha value is -0.610. The highest BCUT2D eigenvalue weighted by molar-refractivity contribution is 5.77. The third kappa shape index (κ3) is 3.06. The molecule has 5 fully saturated rings. The molecule has 4 heteroatoms. The predicted molar refractivity (Wildman–Crippen MR) is 108 cm³/mol. The van der Waals surface area contributed by atoms with Gasteiger partial charge < -0.3 is 9.80 Å². The Bertz CT molecular complexity index is 566. The average Bonchev–Trinajstić information content (AvgIpc) is 2.51. The van der Waals surface area contributed by atoms with E-state index in [0.29, 0.717) is 23.2 Å². The zero-order valence-corrected chi connectivity index (χ0v) is 17.8. The Balaban J connectivity index is 1.01. The third-order valence-electron chi connectivity index (χ3n) is 9.01. The summed E-state index contributed by atoms with van der Waals surface area (Å²) in [5.41, 5.74) is 1.20. The van der Waals surface area contributed by atoms with Gasteiger partial charge in [0, 0.05) is 50.1 Å². The number of hydrogen-bond donors (Lipinski definition) is 0. The largest absolute Gasteiger partial charge is 0.341 e. The number of carbonyl (C=O) groups is 1. The van der Waals surface area contributed by atoms with E-state index in [2.05, 4.69) is 28.5 Å². The molecule has 0 unspecified atom stereocenters. The van der Waals surface area contributed by atoms with Gasteiger partial charge in [0.1, 0.15) is 0 Å². The van der Waals surface area contributed by atoms with Gasteiger partial charge >= 0.3 is 0 Å². The van der Waals surface area contributed by atoms with Crippen LogP contribution in [0.3, 0.4) is 0 Å². The van der Waals surface area contributed by atoms with E-state index in [1.54, 1.807) is 0 Å². The van der Waals surface area contributed by atoms with Gasteiger partial charge in [-0.3, -0.25) is 9.69 Å². The monoisotopic (exact) mass is 373 g/mol. The standard InChI is InChI=1S/C23H39N3O/c1-4-21(27)26-15-23(16-26)11-20(12-23)25-13-22(14-25)9-19(10-22)24-7-5-18(6-8-24)17(2)3/h17-20H,4-16H2,1-3H3. The van der Waals surface area contributed by atoms with E-state index in [1.165, 1.54) is 64.7 Å². The fourth-order valence-corrected chi connectivity index (χ4v) is 7.10. The van der Waals surface area contributed by atoms with Gasteiger partial charge in [-0.2, -0.15) is 0 Å². The zero-order valence-electron chi connectivity index (χ0n) is 17.8. The van der Waals surface area contributed by atoms with Crippen LogP contribution in [-0.4, -0.2) is 72.0 Å². The minimum absolute atomic E-state index is 0.352. The summed E-state index contributed by atoms with van der Waals surface area (Å²) in [6, 6.07) is 1.73. The molecule has 3 saturated heterocycles. The smallest absolute Gasteiger partial charge is 0.222 e. The van der Waals surface area contributed by atoms with Crippen LogP contribution in [0.5, 0.6) is 0 Å². The van der Waals surface area contributed by atoms with Crippen molar-refractivity contribution in [2.75, 3.05) is 39.3 Å². The summed E-state index contributed by atoms with van der Waals surface area (Å²) < 4.78 is 0. The lowest BCUT2D eigenvalue weighted by Crippen LogP contribution is -2.74. The molecular weight excluding hydrogens is 334 g/mol. The van der Waals surface area contributed by atoms with E-state index in [0.717, 1.165) is 37.0 Å². The Morgan fingerprint density at radius 2 is 1.41 bits per heavy atom. The minimum Gasteiger partial charge on any atom is -0.341 e. The Morgan fingerprint density at radius 3 is 1.93 bits per heavy atom. The summed E-state index contributed by atoms with van der Waals surface area (Å²) in [7, 11) is 0. The van der Waals surface area contributed by atoms with Crippen molar-refractivity contribution < 1.29 is 4.79 Å². The van der Waals surface area contributed by atoms with E-state index >= 15 is 0 Å². The number of carbonyl (C=O) groups excluding carboxylic acids is 1. The van der Waals surface area contributed by atoms with Crippen molar-refractivity contribution in [3.05, 3.63) is 0 Å². The van der Waals surface area contributed by atoms with Crippen molar-refractivity contribution in [2.45, 2.75) is 77.8 Å². The van der Waals surface area contributed by atoms with Crippen molar-refractivity contribution in [3.8, 4) is 0 Å². The molecule has 4 nitrogen and oxygen atoms in total. The Morgan fingerprint density at radius 1 is 0.889 bits per heavy atom. The number of amides is 1. The summed E-state index contributed by atoms with van der Waals surface area (Å²) in [5, 5.41) is 0. The SMILES string of the molecule is CCC(=O)N1CC2(CC(N3CC4(CC(N5CCC(C(C)C)CC5)C4)C3)C2)C1. The van der Waals surface area contributed by atoms with Crippen molar-refractivity contribution in [3.63, 3.8) is 0 Å². The van der Waals surface area contributed by atoms with Gasteiger partial charge in [0.2, 0.25) is 5.91 Å². The molecule has 5 aliphatic rings. The van der Waals surface area contributed by atoms with Gasteiger partial charge in [0.15, 0.2) is 0 Å². The molecule has 0 bridgehead atoms. The summed E-state index contributed by atoms with van der Waals surface area (Å²) >= 11 is 0. The lowest BCUT2D eigenvalue weighted by Gasteiger charge is -2.68. The van der Waals surface area contributed by atoms with E-state index in [9.17, 15) is 4.79 Å². The van der Waals surface area contributed by atoms with Crippen LogP contribution >= 0.6 is 0 Å². The molecule has 0 aromatic heterocycles. The molecule has 27 heavy (non-hydrogen) atoms. The highest BCUT2D eigenvalue weighted by Crippen LogP contribution is 2.57. The van der Waals surface area contributed by atoms with Gasteiger partial charge in [0.05, 0.1) is 0 Å². The Labute approximate surface area is 165 Å². The quantitative estimate of drug-likeness (QED) is 0.757. The van der Waals surface area contributed by atoms with Crippen LogP contribution in [0.2, 0.25) is 0 Å². The van der Waals surface area contributed by atoms with Crippen molar-refractivity contribution >= 4 is 5.91 Å². The molecule has 2 saturated carbocycles. The van der Waals surface area contributed by atoms with E-state index in [-0.39, 0.29) is 0 Å². The molecule has 0 atom stereocenters. The third-order valence-corrected chi connectivity index (χ3v) is 9.01.